The second kappa shape index (κ2) is 8.02. The molecule has 0 spiro atoms. The van der Waals surface area contributed by atoms with Crippen LogP contribution in [0.4, 0.5) is 5.69 Å². The van der Waals surface area contributed by atoms with E-state index in [1.54, 1.807) is 42.0 Å². The number of carbonyl (C=O) groups is 1. The van der Waals surface area contributed by atoms with Crippen LogP contribution in [0.2, 0.25) is 0 Å². The second-order valence-electron chi connectivity index (χ2n) is 6.33. The molecule has 2 N–H and O–H groups in total. The topological polar surface area (TPSA) is 88.2 Å². The summed E-state index contributed by atoms with van der Waals surface area (Å²) in [7, 11) is -3.78. The molecule has 0 radical (unpaired) electrons. The SMILES string of the molecule is O=C(NCc1cccnc1)c1cc2ccccc2cc1NS(=O)(=O)c1cccs1. The lowest BCUT2D eigenvalue weighted by Crippen LogP contribution is -2.25. The molecule has 1 amide bonds. The Morgan fingerprint density at radius 3 is 2.48 bits per heavy atom. The van der Waals surface area contributed by atoms with Gasteiger partial charge in [0.05, 0.1) is 11.3 Å². The van der Waals surface area contributed by atoms with Crippen LogP contribution in [0.15, 0.2) is 82.6 Å². The van der Waals surface area contributed by atoms with Crippen LogP contribution in [0.5, 0.6) is 0 Å². The lowest BCUT2D eigenvalue weighted by Gasteiger charge is -2.14. The lowest BCUT2D eigenvalue weighted by atomic mass is 10.0. The third-order valence-corrected chi connectivity index (χ3v) is 7.07. The summed E-state index contributed by atoms with van der Waals surface area (Å²) in [5.74, 6) is -0.372. The minimum atomic E-state index is -3.78. The van der Waals surface area contributed by atoms with Crippen molar-refractivity contribution in [3.8, 4) is 0 Å². The Labute approximate surface area is 172 Å². The molecule has 4 rings (SSSR count). The number of benzene rings is 2. The van der Waals surface area contributed by atoms with E-state index in [9.17, 15) is 13.2 Å². The van der Waals surface area contributed by atoms with E-state index in [1.807, 2.05) is 30.3 Å². The minimum Gasteiger partial charge on any atom is -0.348 e. The maximum atomic E-state index is 12.9. The molecule has 0 atom stereocenters. The van der Waals surface area contributed by atoms with Gasteiger partial charge in [0.1, 0.15) is 4.21 Å². The molecule has 6 nitrogen and oxygen atoms in total. The number of anilines is 1. The molecule has 4 aromatic rings. The van der Waals surface area contributed by atoms with Crippen molar-refractivity contribution in [2.45, 2.75) is 10.8 Å². The number of fused-ring (bicyclic) bond motifs is 1. The number of nitrogens with one attached hydrogen (secondary N) is 2. The number of aromatic nitrogens is 1. The van der Waals surface area contributed by atoms with E-state index in [1.165, 1.54) is 6.07 Å². The minimum absolute atomic E-state index is 0.187. The van der Waals surface area contributed by atoms with Crippen LogP contribution in [-0.2, 0) is 16.6 Å². The van der Waals surface area contributed by atoms with Crippen LogP contribution in [0.3, 0.4) is 0 Å². The summed E-state index contributed by atoms with van der Waals surface area (Å²) in [6.45, 7) is 0.288. The maximum absolute atomic E-state index is 12.9. The molecule has 146 valence electrons. The number of rotatable bonds is 6. The van der Waals surface area contributed by atoms with Crippen LogP contribution in [0.25, 0.3) is 10.8 Å². The highest BCUT2D eigenvalue weighted by Crippen LogP contribution is 2.27. The zero-order valence-corrected chi connectivity index (χ0v) is 16.8. The Bertz CT molecular complexity index is 1260. The van der Waals surface area contributed by atoms with Gasteiger partial charge in [-0.05, 0) is 46.0 Å². The van der Waals surface area contributed by atoms with Crippen molar-refractivity contribution in [3.63, 3.8) is 0 Å². The highest BCUT2D eigenvalue weighted by molar-refractivity contribution is 7.94. The van der Waals surface area contributed by atoms with Crippen molar-refractivity contribution < 1.29 is 13.2 Å². The summed E-state index contributed by atoms with van der Waals surface area (Å²) in [5.41, 5.74) is 1.34. The fraction of sp³-hybridized carbons (Fsp3) is 0.0476. The van der Waals surface area contributed by atoms with Gasteiger partial charge in [-0.25, -0.2) is 8.42 Å². The van der Waals surface area contributed by atoms with Crippen LogP contribution >= 0.6 is 11.3 Å². The van der Waals surface area contributed by atoms with Crippen LogP contribution in [0.1, 0.15) is 15.9 Å². The number of hydrogen-bond acceptors (Lipinski definition) is 5. The first kappa shape index (κ1) is 19.1. The molecular formula is C21H17N3O3S2. The Kier molecular flexibility index (Phi) is 5.28. The summed E-state index contributed by atoms with van der Waals surface area (Å²) in [5, 5.41) is 6.20. The van der Waals surface area contributed by atoms with Gasteiger partial charge in [0.2, 0.25) is 0 Å². The van der Waals surface area contributed by atoms with Crippen molar-refractivity contribution in [2.75, 3.05) is 4.72 Å². The molecule has 0 aliphatic rings. The number of thiophene rings is 1. The Morgan fingerprint density at radius 1 is 1.00 bits per heavy atom. The van der Waals surface area contributed by atoms with Gasteiger partial charge in [0.15, 0.2) is 0 Å². The van der Waals surface area contributed by atoms with E-state index < -0.39 is 10.0 Å². The van der Waals surface area contributed by atoms with E-state index in [4.69, 9.17) is 0 Å². The maximum Gasteiger partial charge on any atom is 0.271 e. The Balaban J connectivity index is 1.69. The van der Waals surface area contributed by atoms with E-state index >= 15 is 0 Å². The molecule has 2 aromatic heterocycles. The average molecular weight is 424 g/mol. The first-order valence-electron chi connectivity index (χ1n) is 8.79. The molecule has 8 heteroatoms. The molecule has 0 aliphatic carbocycles. The highest BCUT2D eigenvalue weighted by atomic mass is 32.2. The van der Waals surface area contributed by atoms with Gasteiger partial charge in [0.25, 0.3) is 15.9 Å². The van der Waals surface area contributed by atoms with E-state index in [2.05, 4.69) is 15.0 Å². The standard InChI is InChI=1S/C21H17N3O3S2/c25-21(23-14-15-5-3-9-22-13-15)18-11-16-6-1-2-7-17(16)12-19(18)24-29(26,27)20-8-4-10-28-20/h1-13,24H,14H2,(H,23,25). The lowest BCUT2D eigenvalue weighted by molar-refractivity contribution is 0.0952. The number of hydrogen-bond donors (Lipinski definition) is 2. The van der Waals surface area contributed by atoms with Gasteiger partial charge in [-0.3, -0.25) is 14.5 Å². The molecule has 0 saturated heterocycles. The van der Waals surface area contributed by atoms with Gasteiger partial charge in [-0.15, -0.1) is 11.3 Å². The quantitative estimate of drug-likeness (QED) is 0.490. The van der Waals surface area contributed by atoms with E-state index in [0.29, 0.717) is 0 Å². The molecule has 2 heterocycles. The predicted molar refractivity (Wildman–Crippen MR) is 114 cm³/mol. The second-order valence-corrected chi connectivity index (χ2v) is 9.18. The van der Waals surface area contributed by atoms with Crippen molar-refractivity contribution in [2.24, 2.45) is 0 Å². The third kappa shape index (κ3) is 4.28. The fourth-order valence-corrected chi connectivity index (χ4v) is 4.97. The molecule has 0 fully saturated rings. The summed E-state index contributed by atoms with van der Waals surface area (Å²) in [6.07, 6.45) is 3.33. The van der Waals surface area contributed by atoms with Gasteiger partial charge in [0, 0.05) is 18.9 Å². The molecular weight excluding hydrogens is 406 g/mol. The largest absolute Gasteiger partial charge is 0.348 e. The number of amides is 1. The predicted octanol–water partition coefficient (Wildman–Crippen LogP) is 4.03. The van der Waals surface area contributed by atoms with Gasteiger partial charge in [-0.2, -0.15) is 0 Å². The first-order chi connectivity index (χ1) is 14.0. The number of sulfonamides is 1. The Hall–Kier alpha value is -3.23. The van der Waals surface area contributed by atoms with Crippen LogP contribution < -0.4 is 10.0 Å². The zero-order chi connectivity index (χ0) is 20.3. The monoisotopic (exact) mass is 423 g/mol. The van der Waals surface area contributed by atoms with Crippen LogP contribution in [-0.4, -0.2) is 19.3 Å². The number of carbonyl (C=O) groups excluding carboxylic acids is 1. The van der Waals surface area contributed by atoms with E-state index in [-0.39, 0.29) is 27.9 Å². The molecule has 29 heavy (non-hydrogen) atoms. The van der Waals surface area contributed by atoms with Crippen molar-refractivity contribution >= 4 is 43.7 Å². The van der Waals surface area contributed by atoms with Gasteiger partial charge in [-0.1, -0.05) is 36.4 Å². The molecule has 0 bridgehead atoms. The summed E-state index contributed by atoms with van der Waals surface area (Å²) in [6, 6.07) is 17.7. The number of nitrogens with zero attached hydrogens (tertiary/aromatic N) is 1. The van der Waals surface area contributed by atoms with Crippen LogP contribution in [0, 0.1) is 0 Å². The number of pyridine rings is 1. The zero-order valence-electron chi connectivity index (χ0n) is 15.2. The highest BCUT2D eigenvalue weighted by Gasteiger charge is 2.20. The Morgan fingerprint density at radius 2 is 1.79 bits per heavy atom. The van der Waals surface area contributed by atoms with Gasteiger partial charge < -0.3 is 5.32 Å². The smallest absolute Gasteiger partial charge is 0.271 e. The molecule has 0 aliphatic heterocycles. The third-order valence-electron chi connectivity index (χ3n) is 4.31. The first-order valence-corrected chi connectivity index (χ1v) is 11.2. The summed E-state index contributed by atoms with van der Waals surface area (Å²) in [4.78, 5) is 16.9. The molecule has 2 aromatic carbocycles. The summed E-state index contributed by atoms with van der Waals surface area (Å²) >= 11 is 1.12. The van der Waals surface area contributed by atoms with Crippen molar-refractivity contribution in [1.29, 1.82) is 0 Å². The fourth-order valence-electron chi connectivity index (χ4n) is 2.90. The molecule has 0 unspecified atom stereocenters. The average Bonchev–Trinajstić information content (AvgIpc) is 3.28. The normalized spacial score (nSPS) is 11.3. The van der Waals surface area contributed by atoms with Crippen molar-refractivity contribution in [3.05, 3.63) is 89.6 Å². The molecule has 0 saturated carbocycles. The van der Waals surface area contributed by atoms with Gasteiger partial charge >= 0.3 is 0 Å². The van der Waals surface area contributed by atoms with E-state index in [0.717, 1.165) is 27.7 Å². The summed E-state index contributed by atoms with van der Waals surface area (Å²) < 4.78 is 28.2. The van der Waals surface area contributed by atoms with Crippen molar-refractivity contribution in [1.82, 2.24) is 10.3 Å².